The molecule has 0 fully saturated rings. The van der Waals surface area contributed by atoms with Gasteiger partial charge in [0.2, 0.25) is 0 Å². The molecule has 1 N–H and O–H groups in total. The van der Waals surface area contributed by atoms with Crippen LogP contribution in [0.15, 0.2) is 36.7 Å². The van der Waals surface area contributed by atoms with Crippen LogP contribution in [-0.2, 0) is 6.54 Å². The molecule has 18 heavy (non-hydrogen) atoms. The maximum absolute atomic E-state index is 12.8. The maximum atomic E-state index is 12.8. The second-order valence-electron chi connectivity index (χ2n) is 3.98. The molecule has 0 aliphatic rings. The summed E-state index contributed by atoms with van der Waals surface area (Å²) in [5, 5.41) is 10.2. The zero-order valence-electron chi connectivity index (χ0n) is 9.76. The lowest BCUT2D eigenvalue weighted by molar-refractivity contribution is 0.203. The Labute approximate surface area is 104 Å². The van der Waals surface area contributed by atoms with Crippen LogP contribution < -0.4 is 0 Å². The molecule has 1 aromatic heterocycles. The van der Waals surface area contributed by atoms with Crippen molar-refractivity contribution in [2.45, 2.75) is 19.1 Å². The quantitative estimate of drug-likeness (QED) is 0.887. The van der Waals surface area contributed by atoms with Gasteiger partial charge in [-0.15, -0.1) is 0 Å². The first-order chi connectivity index (χ1) is 8.72. The number of aliphatic hydroxyl groups excluding tert-OH is 1. The first kappa shape index (κ1) is 12.7. The maximum Gasteiger partial charge on any atom is 0.142 e. The number of hydrogen-bond acceptors (Lipinski definition) is 2. The van der Waals surface area contributed by atoms with Gasteiger partial charge in [-0.1, -0.05) is 12.1 Å². The smallest absolute Gasteiger partial charge is 0.142 e. The van der Waals surface area contributed by atoms with E-state index in [4.69, 9.17) is 0 Å². The van der Waals surface area contributed by atoms with Crippen molar-refractivity contribution < 1.29 is 13.9 Å². The Kier molecular flexibility index (Phi) is 4.04. The van der Waals surface area contributed by atoms with Crippen LogP contribution in [0.4, 0.5) is 8.78 Å². The first-order valence-electron chi connectivity index (χ1n) is 5.73. The van der Waals surface area contributed by atoms with Crippen molar-refractivity contribution in [1.29, 1.82) is 0 Å². The second-order valence-corrected chi connectivity index (χ2v) is 3.98. The molecule has 5 heteroatoms. The first-order valence-corrected chi connectivity index (χ1v) is 5.73. The SMILES string of the molecule is O[C@@H](c1ccc(F)cc1)c1nccn1CCCF. The molecule has 96 valence electrons. The lowest BCUT2D eigenvalue weighted by Gasteiger charge is -2.13. The van der Waals surface area contributed by atoms with Gasteiger partial charge in [-0.2, -0.15) is 0 Å². The third-order valence-corrected chi connectivity index (χ3v) is 2.71. The summed E-state index contributed by atoms with van der Waals surface area (Å²) in [6, 6.07) is 5.59. The highest BCUT2D eigenvalue weighted by Crippen LogP contribution is 2.20. The number of imidazole rings is 1. The molecule has 2 aromatic rings. The van der Waals surface area contributed by atoms with Gasteiger partial charge in [0.25, 0.3) is 0 Å². The van der Waals surface area contributed by atoms with Crippen LogP contribution in [0.5, 0.6) is 0 Å². The monoisotopic (exact) mass is 252 g/mol. The van der Waals surface area contributed by atoms with Crippen molar-refractivity contribution in [2.24, 2.45) is 0 Å². The van der Waals surface area contributed by atoms with Crippen LogP contribution in [0.25, 0.3) is 0 Å². The molecule has 1 heterocycles. The minimum atomic E-state index is -0.930. The standard InChI is InChI=1S/C13H14F2N2O/c14-6-1-8-17-9-7-16-13(17)12(18)10-2-4-11(15)5-3-10/h2-5,7,9,12,18H,1,6,8H2/t12-/m0/s1. The minimum Gasteiger partial charge on any atom is -0.380 e. The summed E-state index contributed by atoms with van der Waals surface area (Å²) in [7, 11) is 0. The van der Waals surface area contributed by atoms with Gasteiger partial charge < -0.3 is 9.67 Å². The molecule has 0 saturated heterocycles. The molecule has 0 radical (unpaired) electrons. The van der Waals surface area contributed by atoms with Crippen LogP contribution in [-0.4, -0.2) is 21.3 Å². The Morgan fingerprint density at radius 1 is 1.28 bits per heavy atom. The van der Waals surface area contributed by atoms with E-state index in [9.17, 15) is 13.9 Å². The molecule has 2 rings (SSSR count). The highest BCUT2D eigenvalue weighted by molar-refractivity contribution is 5.23. The lowest BCUT2D eigenvalue weighted by Crippen LogP contribution is -2.10. The number of aromatic nitrogens is 2. The van der Waals surface area contributed by atoms with Crippen molar-refractivity contribution in [2.75, 3.05) is 6.67 Å². The Morgan fingerprint density at radius 2 is 2.00 bits per heavy atom. The fourth-order valence-corrected chi connectivity index (χ4v) is 1.78. The molecule has 1 atom stereocenters. The summed E-state index contributed by atoms with van der Waals surface area (Å²) in [5.41, 5.74) is 0.559. The predicted molar refractivity (Wildman–Crippen MR) is 63.3 cm³/mol. The Bertz CT molecular complexity index is 496. The van der Waals surface area contributed by atoms with E-state index in [-0.39, 0.29) is 5.82 Å². The van der Waals surface area contributed by atoms with Crippen LogP contribution in [0.3, 0.4) is 0 Å². The summed E-state index contributed by atoms with van der Waals surface area (Å²) < 4.78 is 26.6. The number of nitrogens with zero attached hydrogens (tertiary/aromatic N) is 2. The van der Waals surface area contributed by atoms with E-state index in [2.05, 4.69) is 4.98 Å². The lowest BCUT2D eigenvalue weighted by atomic mass is 10.1. The van der Waals surface area contributed by atoms with Gasteiger partial charge in [-0.25, -0.2) is 9.37 Å². The molecule has 0 aliphatic heterocycles. The number of rotatable bonds is 5. The average Bonchev–Trinajstić information content (AvgIpc) is 2.84. The van der Waals surface area contributed by atoms with Gasteiger partial charge >= 0.3 is 0 Å². The summed E-state index contributed by atoms with van der Waals surface area (Å²) in [5.74, 6) is 0.0850. The number of alkyl halides is 1. The minimum absolute atomic E-state index is 0.355. The fraction of sp³-hybridized carbons (Fsp3) is 0.308. The van der Waals surface area contributed by atoms with Crippen LogP contribution in [0.2, 0.25) is 0 Å². The van der Waals surface area contributed by atoms with Gasteiger partial charge in [-0.05, 0) is 24.1 Å². The van der Waals surface area contributed by atoms with Crippen LogP contribution >= 0.6 is 0 Å². The fourth-order valence-electron chi connectivity index (χ4n) is 1.78. The van der Waals surface area contributed by atoms with Crippen molar-refractivity contribution in [3.8, 4) is 0 Å². The highest BCUT2D eigenvalue weighted by Gasteiger charge is 2.15. The molecular formula is C13H14F2N2O. The molecule has 0 amide bonds. The molecule has 0 bridgehead atoms. The third-order valence-electron chi connectivity index (χ3n) is 2.71. The van der Waals surface area contributed by atoms with E-state index >= 15 is 0 Å². The largest absolute Gasteiger partial charge is 0.380 e. The Hall–Kier alpha value is -1.75. The van der Waals surface area contributed by atoms with Crippen LogP contribution in [0.1, 0.15) is 23.9 Å². The van der Waals surface area contributed by atoms with E-state index in [1.807, 2.05) is 0 Å². The normalized spacial score (nSPS) is 12.6. The average molecular weight is 252 g/mol. The van der Waals surface area contributed by atoms with Gasteiger partial charge in [-0.3, -0.25) is 4.39 Å². The molecule has 0 aliphatic carbocycles. The third kappa shape index (κ3) is 2.73. The van der Waals surface area contributed by atoms with Gasteiger partial charge in [0.05, 0.1) is 6.67 Å². The van der Waals surface area contributed by atoms with Crippen LogP contribution in [0, 0.1) is 5.82 Å². The van der Waals surface area contributed by atoms with Crippen molar-refractivity contribution >= 4 is 0 Å². The zero-order valence-corrected chi connectivity index (χ0v) is 9.76. The summed E-state index contributed by atoms with van der Waals surface area (Å²) >= 11 is 0. The molecule has 3 nitrogen and oxygen atoms in total. The van der Waals surface area contributed by atoms with Gasteiger partial charge in [0.15, 0.2) is 0 Å². The highest BCUT2D eigenvalue weighted by atomic mass is 19.1. The van der Waals surface area contributed by atoms with E-state index in [1.165, 1.54) is 24.3 Å². The van der Waals surface area contributed by atoms with Gasteiger partial charge in [0, 0.05) is 18.9 Å². The number of aryl methyl sites for hydroxylation is 1. The predicted octanol–water partition coefficient (Wildman–Crippen LogP) is 2.46. The summed E-state index contributed by atoms with van der Waals surface area (Å²) in [4.78, 5) is 4.06. The molecule has 0 saturated carbocycles. The van der Waals surface area contributed by atoms with E-state index in [0.29, 0.717) is 24.4 Å². The Balaban J connectivity index is 2.20. The number of halogens is 2. The van der Waals surface area contributed by atoms with Crippen molar-refractivity contribution in [3.63, 3.8) is 0 Å². The van der Waals surface area contributed by atoms with Crippen molar-refractivity contribution in [3.05, 3.63) is 53.9 Å². The van der Waals surface area contributed by atoms with E-state index in [0.717, 1.165) is 0 Å². The van der Waals surface area contributed by atoms with E-state index < -0.39 is 12.8 Å². The molecule has 0 spiro atoms. The number of benzene rings is 1. The second kappa shape index (κ2) is 5.73. The summed E-state index contributed by atoms with van der Waals surface area (Å²) in [6.07, 6.45) is 2.69. The number of hydrogen-bond donors (Lipinski definition) is 1. The summed E-state index contributed by atoms with van der Waals surface area (Å²) in [6.45, 7) is 0.0500. The Morgan fingerprint density at radius 3 is 2.67 bits per heavy atom. The zero-order chi connectivity index (χ0) is 13.0. The van der Waals surface area contributed by atoms with Gasteiger partial charge in [0.1, 0.15) is 17.7 Å². The number of aliphatic hydroxyl groups is 1. The van der Waals surface area contributed by atoms with Crippen molar-refractivity contribution in [1.82, 2.24) is 9.55 Å². The topological polar surface area (TPSA) is 38.1 Å². The molecule has 1 aromatic carbocycles. The molecular weight excluding hydrogens is 238 g/mol. The van der Waals surface area contributed by atoms with E-state index in [1.54, 1.807) is 17.0 Å². The molecule has 0 unspecified atom stereocenters.